The maximum Gasteiger partial charge on any atom is 0.237 e. The van der Waals surface area contributed by atoms with Crippen molar-refractivity contribution in [1.29, 1.82) is 0 Å². The van der Waals surface area contributed by atoms with E-state index in [1.54, 1.807) is 39.5 Å². The van der Waals surface area contributed by atoms with E-state index in [0.29, 0.717) is 26.7 Å². The van der Waals surface area contributed by atoms with Gasteiger partial charge < -0.3 is 24.8 Å². The van der Waals surface area contributed by atoms with Crippen LogP contribution in [0.25, 0.3) is 0 Å². The summed E-state index contributed by atoms with van der Waals surface area (Å²) >= 11 is 2.73. The van der Waals surface area contributed by atoms with E-state index >= 15 is 0 Å². The van der Waals surface area contributed by atoms with Crippen LogP contribution in [0.2, 0.25) is 0 Å². The van der Waals surface area contributed by atoms with Crippen LogP contribution in [0.5, 0.6) is 17.2 Å². The average Bonchev–Trinajstić information content (AvgIpc) is 3.20. The number of anilines is 3. The van der Waals surface area contributed by atoms with Gasteiger partial charge in [0.15, 0.2) is 15.8 Å². The van der Waals surface area contributed by atoms with E-state index in [0.717, 1.165) is 11.4 Å². The van der Waals surface area contributed by atoms with Crippen LogP contribution in [0, 0.1) is 0 Å². The fourth-order valence-corrected chi connectivity index (χ4v) is 4.38. The number of carbonyl (C=O) groups is 1. The fraction of sp³-hybridized carbons (Fsp3) is 0.250. The Bertz CT molecular complexity index is 995. The smallest absolute Gasteiger partial charge is 0.237 e. The van der Waals surface area contributed by atoms with Gasteiger partial charge in [-0.25, -0.2) is 0 Å². The standard InChI is InChI=1S/C20H22N4O4S2/c1-12(18(25)21-14-7-10-16(27-3)17(11-14)28-4)29-20-24-23-19(30-20)22-13-5-8-15(26-2)9-6-13/h5-12H,1-4H3,(H,21,25)(H,22,23). The molecule has 158 valence electrons. The maximum atomic E-state index is 12.6. The lowest BCUT2D eigenvalue weighted by Crippen LogP contribution is -2.22. The molecule has 8 nitrogen and oxygen atoms in total. The lowest BCUT2D eigenvalue weighted by atomic mass is 10.2. The number of nitrogens with zero attached hydrogens (tertiary/aromatic N) is 2. The molecule has 1 atom stereocenters. The number of ether oxygens (including phenoxy) is 3. The van der Waals surface area contributed by atoms with E-state index in [2.05, 4.69) is 20.8 Å². The summed E-state index contributed by atoms with van der Waals surface area (Å²) in [5.74, 6) is 1.79. The van der Waals surface area contributed by atoms with Gasteiger partial charge in [0.1, 0.15) is 5.75 Å². The number of hydrogen-bond donors (Lipinski definition) is 2. The fourth-order valence-electron chi connectivity index (χ4n) is 2.47. The lowest BCUT2D eigenvalue weighted by Gasteiger charge is -2.13. The van der Waals surface area contributed by atoms with Crippen molar-refractivity contribution >= 4 is 45.5 Å². The highest BCUT2D eigenvalue weighted by atomic mass is 32.2. The Labute approximate surface area is 183 Å². The Hall–Kier alpha value is -2.98. The number of carbonyl (C=O) groups excluding carboxylic acids is 1. The molecule has 0 fully saturated rings. The predicted octanol–water partition coefficient (Wildman–Crippen LogP) is 4.43. The van der Waals surface area contributed by atoms with Crippen molar-refractivity contribution in [1.82, 2.24) is 10.2 Å². The van der Waals surface area contributed by atoms with Crippen LogP contribution < -0.4 is 24.8 Å². The molecule has 30 heavy (non-hydrogen) atoms. The summed E-state index contributed by atoms with van der Waals surface area (Å²) in [6.45, 7) is 1.82. The van der Waals surface area contributed by atoms with Crippen molar-refractivity contribution in [3.63, 3.8) is 0 Å². The van der Waals surface area contributed by atoms with Gasteiger partial charge in [0.25, 0.3) is 0 Å². The Kier molecular flexibility index (Phi) is 7.36. The highest BCUT2D eigenvalue weighted by Crippen LogP contribution is 2.32. The van der Waals surface area contributed by atoms with Gasteiger partial charge in [0.2, 0.25) is 11.0 Å². The quantitative estimate of drug-likeness (QED) is 0.466. The molecule has 0 saturated carbocycles. The Balaban J connectivity index is 1.57. The molecule has 10 heteroatoms. The summed E-state index contributed by atoms with van der Waals surface area (Å²) in [6.07, 6.45) is 0. The van der Waals surface area contributed by atoms with Gasteiger partial charge in [-0.2, -0.15) is 0 Å². The van der Waals surface area contributed by atoms with Gasteiger partial charge in [0.05, 0.1) is 26.6 Å². The Morgan fingerprint density at radius 1 is 0.967 bits per heavy atom. The topological polar surface area (TPSA) is 94.6 Å². The minimum atomic E-state index is -0.361. The molecule has 0 aliphatic rings. The molecule has 0 radical (unpaired) electrons. The second-order valence-electron chi connectivity index (χ2n) is 6.05. The van der Waals surface area contributed by atoms with Crippen molar-refractivity contribution in [2.75, 3.05) is 32.0 Å². The second kappa shape index (κ2) is 10.2. The number of thioether (sulfide) groups is 1. The molecular weight excluding hydrogens is 424 g/mol. The van der Waals surface area contributed by atoms with Crippen molar-refractivity contribution in [2.24, 2.45) is 0 Å². The molecule has 2 N–H and O–H groups in total. The highest BCUT2D eigenvalue weighted by Gasteiger charge is 2.18. The van der Waals surface area contributed by atoms with Gasteiger partial charge in [-0.3, -0.25) is 4.79 Å². The first-order valence-electron chi connectivity index (χ1n) is 8.96. The second-order valence-corrected chi connectivity index (χ2v) is 8.61. The Morgan fingerprint density at radius 3 is 2.33 bits per heavy atom. The van der Waals surface area contributed by atoms with E-state index in [4.69, 9.17) is 14.2 Å². The van der Waals surface area contributed by atoms with E-state index in [-0.39, 0.29) is 11.2 Å². The van der Waals surface area contributed by atoms with Crippen LogP contribution in [0.4, 0.5) is 16.5 Å². The normalized spacial score (nSPS) is 11.5. The first kappa shape index (κ1) is 21.7. The van der Waals surface area contributed by atoms with Gasteiger partial charge >= 0.3 is 0 Å². The number of aromatic nitrogens is 2. The lowest BCUT2D eigenvalue weighted by molar-refractivity contribution is -0.115. The van der Waals surface area contributed by atoms with E-state index < -0.39 is 0 Å². The molecular formula is C20H22N4O4S2. The van der Waals surface area contributed by atoms with Crippen molar-refractivity contribution in [2.45, 2.75) is 16.5 Å². The third kappa shape index (κ3) is 5.55. The molecule has 3 rings (SSSR count). The monoisotopic (exact) mass is 446 g/mol. The number of benzene rings is 2. The van der Waals surface area contributed by atoms with Crippen LogP contribution in [0.1, 0.15) is 6.92 Å². The van der Waals surface area contributed by atoms with Gasteiger partial charge in [-0.15, -0.1) is 10.2 Å². The molecule has 0 aliphatic carbocycles. The largest absolute Gasteiger partial charge is 0.497 e. The Morgan fingerprint density at radius 2 is 1.67 bits per heavy atom. The molecule has 3 aromatic rings. The van der Waals surface area contributed by atoms with Crippen molar-refractivity contribution in [3.8, 4) is 17.2 Å². The van der Waals surface area contributed by atoms with Crippen LogP contribution in [-0.2, 0) is 4.79 Å². The van der Waals surface area contributed by atoms with Gasteiger partial charge in [-0.1, -0.05) is 23.1 Å². The maximum absolute atomic E-state index is 12.6. The molecule has 1 unspecified atom stereocenters. The number of nitrogens with one attached hydrogen (secondary N) is 2. The number of amides is 1. The van der Waals surface area contributed by atoms with E-state index in [1.165, 1.54) is 23.1 Å². The summed E-state index contributed by atoms with van der Waals surface area (Å²) in [6, 6.07) is 12.7. The highest BCUT2D eigenvalue weighted by molar-refractivity contribution is 8.02. The van der Waals surface area contributed by atoms with Crippen molar-refractivity contribution < 1.29 is 19.0 Å². The molecule has 1 aromatic heterocycles. The summed E-state index contributed by atoms with van der Waals surface area (Å²) in [5.41, 5.74) is 1.51. The van der Waals surface area contributed by atoms with Gasteiger partial charge in [-0.05, 0) is 43.3 Å². The predicted molar refractivity (Wildman–Crippen MR) is 120 cm³/mol. The summed E-state index contributed by atoms with van der Waals surface area (Å²) in [5, 5.41) is 14.6. The number of hydrogen-bond acceptors (Lipinski definition) is 9. The molecule has 2 aromatic carbocycles. The zero-order valence-corrected chi connectivity index (χ0v) is 18.6. The molecule has 1 amide bonds. The molecule has 1 heterocycles. The van der Waals surface area contributed by atoms with Crippen LogP contribution in [0.15, 0.2) is 46.8 Å². The minimum absolute atomic E-state index is 0.146. The van der Waals surface area contributed by atoms with Crippen LogP contribution >= 0.6 is 23.1 Å². The average molecular weight is 447 g/mol. The van der Waals surface area contributed by atoms with Crippen LogP contribution in [0.3, 0.4) is 0 Å². The molecule has 0 aliphatic heterocycles. The zero-order chi connectivity index (χ0) is 21.5. The minimum Gasteiger partial charge on any atom is -0.497 e. The summed E-state index contributed by atoms with van der Waals surface area (Å²) in [7, 11) is 4.74. The van der Waals surface area contributed by atoms with E-state index in [9.17, 15) is 4.79 Å². The third-order valence-corrected chi connectivity index (χ3v) is 6.07. The number of methoxy groups -OCH3 is 3. The SMILES string of the molecule is COc1ccc(Nc2nnc(SC(C)C(=O)Nc3ccc(OC)c(OC)c3)s2)cc1. The first-order valence-corrected chi connectivity index (χ1v) is 10.7. The first-order chi connectivity index (χ1) is 14.5. The number of rotatable bonds is 9. The summed E-state index contributed by atoms with van der Waals surface area (Å²) in [4.78, 5) is 12.6. The van der Waals surface area contributed by atoms with E-state index in [1.807, 2.05) is 31.2 Å². The summed E-state index contributed by atoms with van der Waals surface area (Å²) < 4.78 is 16.3. The van der Waals surface area contributed by atoms with Crippen molar-refractivity contribution in [3.05, 3.63) is 42.5 Å². The van der Waals surface area contributed by atoms with Crippen LogP contribution in [-0.4, -0.2) is 42.7 Å². The van der Waals surface area contributed by atoms with Gasteiger partial charge in [0, 0.05) is 17.4 Å². The molecule has 0 spiro atoms. The molecule has 0 bridgehead atoms. The zero-order valence-electron chi connectivity index (χ0n) is 17.0. The molecule has 0 saturated heterocycles. The third-order valence-electron chi connectivity index (χ3n) is 4.05.